The summed E-state index contributed by atoms with van der Waals surface area (Å²) < 4.78 is 11.0. The van der Waals surface area contributed by atoms with Gasteiger partial charge in [-0.15, -0.1) is 0 Å². The smallest absolute Gasteiger partial charge is 0.260 e. The Bertz CT molecular complexity index is 663. The molecular weight excluding hydrogens is 306 g/mol. The molecule has 0 aromatic carbocycles. The van der Waals surface area contributed by atoms with Gasteiger partial charge in [-0.1, -0.05) is 5.16 Å². The Labute approximate surface area is 141 Å². The number of piperidine rings is 1. The molecule has 24 heavy (non-hydrogen) atoms. The van der Waals surface area contributed by atoms with Crippen molar-refractivity contribution in [2.75, 3.05) is 44.3 Å². The molecule has 0 bridgehead atoms. The highest BCUT2D eigenvalue weighted by atomic mass is 16.5. The summed E-state index contributed by atoms with van der Waals surface area (Å²) in [5.41, 5.74) is 1.99. The first-order valence-corrected chi connectivity index (χ1v) is 8.70. The maximum absolute atomic E-state index is 5.56. The molecule has 2 aromatic rings. The lowest BCUT2D eigenvalue weighted by molar-refractivity contribution is 0.122. The van der Waals surface area contributed by atoms with Crippen molar-refractivity contribution in [1.82, 2.24) is 20.4 Å². The van der Waals surface area contributed by atoms with E-state index in [9.17, 15) is 0 Å². The Hall–Kier alpha value is -1.99. The first-order chi connectivity index (χ1) is 11.9. The summed E-state index contributed by atoms with van der Waals surface area (Å²) in [6.45, 7) is 5.35. The number of anilines is 1. The fourth-order valence-corrected chi connectivity index (χ4v) is 3.41. The number of ether oxygens (including phenoxy) is 1. The minimum atomic E-state index is 0.586. The molecule has 7 heteroatoms. The number of aromatic nitrogens is 3. The molecule has 0 unspecified atom stereocenters. The van der Waals surface area contributed by atoms with Crippen LogP contribution in [0.5, 0.6) is 0 Å². The molecule has 0 amide bonds. The van der Waals surface area contributed by atoms with Gasteiger partial charge in [-0.25, -0.2) is 0 Å². The van der Waals surface area contributed by atoms with Crippen molar-refractivity contribution in [2.24, 2.45) is 5.92 Å². The molecule has 2 saturated heterocycles. The number of rotatable bonds is 4. The minimum absolute atomic E-state index is 0.586. The Morgan fingerprint density at radius 1 is 1.21 bits per heavy atom. The molecule has 2 aliphatic heterocycles. The van der Waals surface area contributed by atoms with Gasteiger partial charge in [-0.3, -0.25) is 4.98 Å². The third-order valence-electron chi connectivity index (χ3n) is 4.78. The van der Waals surface area contributed by atoms with Gasteiger partial charge in [-0.2, -0.15) is 4.98 Å². The van der Waals surface area contributed by atoms with Gasteiger partial charge in [0.05, 0.1) is 30.7 Å². The number of nitrogens with one attached hydrogen (secondary N) is 1. The van der Waals surface area contributed by atoms with Crippen LogP contribution in [-0.2, 0) is 11.2 Å². The Balaban J connectivity index is 1.53. The maximum atomic E-state index is 5.56. The fraction of sp³-hybridized carbons (Fsp3) is 0.588. The van der Waals surface area contributed by atoms with E-state index in [1.807, 2.05) is 12.3 Å². The third kappa shape index (κ3) is 3.42. The SMILES string of the molecule is c1cc(-c2nc(CC3CCNCC3)no2)c(N2CCOCC2)cn1. The van der Waals surface area contributed by atoms with Gasteiger partial charge >= 0.3 is 0 Å². The molecule has 4 heterocycles. The highest BCUT2D eigenvalue weighted by Gasteiger charge is 2.21. The molecule has 2 aliphatic rings. The zero-order chi connectivity index (χ0) is 16.2. The number of hydrogen-bond donors (Lipinski definition) is 1. The van der Waals surface area contributed by atoms with Crippen LogP contribution in [-0.4, -0.2) is 54.5 Å². The van der Waals surface area contributed by atoms with E-state index < -0.39 is 0 Å². The molecule has 0 saturated carbocycles. The van der Waals surface area contributed by atoms with Gasteiger partial charge < -0.3 is 19.5 Å². The quantitative estimate of drug-likeness (QED) is 0.911. The van der Waals surface area contributed by atoms with Gasteiger partial charge in [0.15, 0.2) is 5.82 Å². The largest absolute Gasteiger partial charge is 0.378 e. The second-order valence-electron chi connectivity index (χ2n) is 6.41. The average Bonchev–Trinajstić information content (AvgIpc) is 3.12. The molecule has 2 fully saturated rings. The fourth-order valence-electron chi connectivity index (χ4n) is 3.41. The molecule has 0 spiro atoms. The van der Waals surface area contributed by atoms with Crippen LogP contribution in [0, 0.1) is 5.92 Å². The van der Waals surface area contributed by atoms with Crippen LogP contribution in [0.4, 0.5) is 5.69 Å². The average molecular weight is 329 g/mol. The van der Waals surface area contributed by atoms with E-state index in [-0.39, 0.29) is 0 Å². The molecule has 4 rings (SSSR count). The van der Waals surface area contributed by atoms with E-state index in [1.54, 1.807) is 6.20 Å². The van der Waals surface area contributed by atoms with E-state index >= 15 is 0 Å². The lowest BCUT2D eigenvalue weighted by Crippen LogP contribution is -2.36. The van der Waals surface area contributed by atoms with Crippen LogP contribution in [0.1, 0.15) is 18.7 Å². The first kappa shape index (κ1) is 15.5. The van der Waals surface area contributed by atoms with Crippen LogP contribution in [0.3, 0.4) is 0 Å². The highest BCUT2D eigenvalue weighted by molar-refractivity contribution is 5.72. The van der Waals surface area contributed by atoms with Crippen molar-refractivity contribution in [3.05, 3.63) is 24.3 Å². The summed E-state index contributed by atoms with van der Waals surface area (Å²) in [5, 5.41) is 7.59. The normalized spacial score (nSPS) is 19.6. The van der Waals surface area contributed by atoms with Gasteiger partial charge in [0.25, 0.3) is 5.89 Å². The molecule has 0 radical (unpaired) electrons. The maximum Gasteiger partial charge on any atom is 0.260 e. The van der Waals surface area contributed by atoms with Crippen LogP contribution in [0.15, 0.2) is 23.0 Å². The summed E-state index contributed by atoms with van der Waals surface area (Å²) in [5.74, 6) is 2.04. The van der Waals surface area contributed by atoms with Gasteiger partial charge in [0.1, 0.15) is 0 Å². The molecule has 7 nitrogen and oxygen atoms in total. The van der Waals surface area contributed by atoms with Crippen molar-refractivity contribution >= 4 is 5.69 Å². The monoisotopic (exact) mass is 329 g/mol. The summed E-state index contributed by atoms with van der Waals surface area (Å²) >= 11 is 0. The zero-order valence-corrected chi connectivity index (χ0v) is 13.8. The lowest BCUT2D eigenvalue weighted by atomic mass is 9.94. The van der Waals surface area contributed by atoms with Crippen molar-refractivity contribution in [3.8, 4) is 11.5 Å². The predicted octanol–water partition coefficient (Wildman–Crippen LogP) is 1.51. The second-order valence-corrected chi connectivity index (χ2v) is 6.41. The summed E-state index contributed by atoms with van der Waals surface area (Å²) in [6.07, 6.45) is 6.90. The van der Waals surface area contributed by atoms with E-state index in [0.29, 0.717) is 11.8 Å². The number of morpholine rings is 1. The van der Waals surface area contributed by atoms with Crippen molar-refractivity contribution in [3.63, 3.8) is 0 Å². The second kappa shape index (κ2) is 7.27. The Morgan fingerprint density at radius 2 is 2.04 bits per heavy atom. The number of hydrogen-bond acceptors (Lipinski definition) is 7. The van der Waals surface area contributed by atoms with E-state index in [0.717, 1.165) is 62.9 Å². The van der Waals surface area contributed by atoms with E-state index in [1.165, 1.54) is 12.8 Å². The van der Waals surface area contributed by atoms with Crippen LogP contribution >= 0.6 is 0 Å². The van der Waals surface area contributed by atoms with E-state index in [2.05, 4.69) is 25.3 Å². The van der Waals surface area contributed by atoms with Crippen molar-refractivity contribution < 1.29 is 9.26 Å². The minimum Gasteiger partial charge on any atom is -0.378 e. The van der Waals surface area contributed by atoms with Crippen LogP contribution < -0.4 is 10.2 Å². The van der Waals surface area contributed by atoms with Gasteiger partial charge in [-0.05, 0) is 37.9 Å². The van der Waals surface area contributed by atoms with Gasteiger partial charge in [0.2, 0.25) is 0 Å². The summed E-state index contributed by atoms with van der Waals surface area (Å²) in [4.78, 5) is 11.2. The number of nitrogens with zero attached hydrogens (tertiary/aromatic N) is 4. The molecule has 0 atom stereocenters. The molecule has 0 aliphatic carbocycles. The molecular formula is C17H23N5O2. The van der Waals surface area contributed by atoms with Gasteiger partial charge in [0, 0.05) is 25.7 Å². The van der Waals surface area contributed by atoms with Crippen molar-refractivity contribution in [1.29, 1.82) is 0 Å². The number of pyridine rings is 1. The third-order valence-corrected chi connectivity index (χ3v) is 4.78. The van der Waals surface area contributed by atoms with Crippen LogP contribution in [0.2, 0.25) is 0 Å². The van der Waals surface area contributed by atoms with Crippen LogP contribution in [0.25, 0.3) is 11.5 Å². The standard InChI is InChI=1S/C17H23N5O2/c1-4-18-5-2-13(1)11-16-20-17(24-21-16)14-3-6-19-12-15(14)22-7-9-23-10-8-22/h3,6,12-13,18H,1-2,4-5,7-11H2. The molecule has 1 N–H and O–H groups in total. The topological polar surface area (TPSA) is 76.3 Å². The Kier molecular flexibility index (Phi) is 4.71. The molecule has 128 valence electrons. The zero-order valence-electron chi connectivity index (χ0n) is 13.8. The lowest BCUT2D eigenvalue weighted by Gasteiger charge is -2.29. The highest BCUT2D eigenvalue weighted by Crippen LogP contribution is 2.29. The summed E-state index contributed by atoms with van der Waals surface area (Å²) in [6, 6.07) is 1.95. The predicted molar refractivity (Wildman–Crippen MR) is 89.9 cm³/mol. The summed E-state index contributed by atoms with van der Waals surface area (Å²) in [7, 11) is 0. The first-order valence-electron chi connectivity index (χ1n) is 8.70. The van der Waals surface area contributed by atoms with Crippen molar-refractivity contribution in [2.45, 2.75) is 19.3 Å². The Morgan fingerprint density at radius 3 is 2.88 bits per heavy atom. The molecule has 2 aromatic heterocycles. The van der Waals surface area contributed by atoms with E-state index in [4.69, 9.17) is 9.26 Å².